The summed E-state index contributed by atoms with van der Waals surface area (Å²) in [6, 6.07) is 1.78. The summed E-state index contributed by atoms with van der Waals surface area (Å²) in [4.78, 5) is 35.2. The van der Waals surface area contributed by atoms with E-state index in [2.05, 4.69) is 10.2 Å². The van der Waals surface area contributed by atoms with Gasteiger partial charge >= 0.3 is 23.6 Å². The summed E-state index contributed by atoms with van der Waals surface area (Å²) in [6.45, 7) is 5.44. The van der Waals surface area contributed by atoms with Crippen LogP contribution in [0, 0.1) is 0 Å². The monoisotopic (exact) mass is 506 g/mol. The molecule has 0 aliphatic heterocycles. The topological polar surface area (TPSA) is 131 Å². The molecule has 0 amide bonds. The number of carbonyl (C=O) groups excluding carboxylic acids is 2. The minimum Gasteiger partial charge on any atom is -0.477 e. The Kier molecular flexibility index (Phi) is 8.69. The van der Waals surface area contributed by atoms with Crippen LogP contribution in [0.15, 0.2) is 24.3 Å². The first-order valence-corrected chi connectivity index (χ1v) is 12.5. The van der Waals surface area contributed by atoms with Crippen molar-refractivity contribution in [1.29, 1.82) is 0 Å². The quantitative estimate of drug-likeness (QED) is 0.306. The Labute approximate surface area is 192 Å². The van der Waals surface area contributed by atoms with Crippen LogP contribution in [0.25, 0.3) is 10.1 Å². The molecule has 0 fully saturated rings. The van der Waals surface area contributed by atoms with Gasteiger partial charge in [0.15, 0.2) is 0 Å². The van der Waals surface area contributed by atoms with Gasteiger partial charge in [-0.05, 0) is 51.3 Å². The van der Waals surface area contributed by atoms with Gasteiger partial charge in [0.05, 0.1) is 13.2 Å². The lowest BCUT2D eigenvalue weighted by molar-refractivity contribution is -0.145. The number of aromatic carboxylic acids is 1. The smallest absolute Gasteiger partial charge is 0.349 e. The summed E-state index contributed by atoms with van der Waals surface area (Å²) in [7, 11) is -5.05. The maximum Gasteiger partial charge on any atom is 0.349 e. The van der Waals surface area contributed by atoms with Crippen LogP contribution in [0.1, 0.15) is 42.9 Å². The zero-order chi connectivity index (χ0) is 25.0. The fraction of sp³-hybridized carbons (Fsp3) is 0.450. The summed E-state index contributed by atoms with van der Waals surface area (Å²) in [6.07, 6.45) is 0. The fourth-order valence-electron chi connectivity index (χ4n) is 2.90. The molecule has 1 aromatic carbocycles. The van der Waals surface area contributed by atoms with E-state index in [9.17, 15) is 18.9 Å². The van der Waals surface area contributed by atoms with E-state index in [0.29, 0.717) is 4.70 Å². The fourth-order valence-corrected chi connectivity index (χ4v) is 5.99. The van der Waals surface area contributed by atoms with Crippen LogP contribution in [-0.2, 0) is 29.3 Å². The molecule has 0 saturated heterocycles. The summed E-state index contributed by atoms with van der Waals surface area (Å²) in [5.74, 6) is -3.01. The molecular formula is C20H25F2N2O7PS. The molecule has 13 heteroatoms. The van der Waals surface area contributed by atoms with Crippen LogP contribution in [0.4, 0.5) is 8.78 Å². The molecule has 2 rings (SSSR count). The van der Waals surface area contributed by atoms with E-state index in [1.165, 1.54) is 39.8 Å². The zero-order valence-electron chi connectivity index (χ0n) is 18.4. The van der Waals surface area contributed by atoms with E-state index >= 15 is 8.78 Å². The third kappa shape index (κ3) is 5.94. The molecule has 1 heterocycles. The van der Waals surface area contributed by atoms with E-state index < -0.39 is 48.7 Å². The van der Waals surface area contributed by atoms with E-state index in [1.54, 1.807) is 0 Å². The van der Waals surface area contributed by atoms with Crippen LogP contribution in [0.3, 0.4) is 0 Å². The number of hydrogen-bond donors (Lipinski definition) is 3. The number of carboxylic acid groups (broad SMARTS) is 1. The maximum atomic E-state index is 15.7. The second kappa shape index (κ2) is 10.7. The highest BCUT2D eigenvalue weighted by Crippen LogP contribution is 2.60. The predicted molar refractivity (Wildman–Crippen MR) is 119 cm³/mol. The van der Waals surface area contributed by atoms with Crippen molar-refractivity contribution in [2.24, 2.45) is 0 Å². The van der Waals surface area contributed by atoms with Crippen LogP contribution < -0.4 is 10.2 Å². The lowest BCUT2D eigenvalue weighted by atomic mass is 10.1. The van der Waals surface area contributed by atoms with E-state index in [-0.39, 0.29) is 23.5 Å². The molecule has 33 heavy (non-hydrogen) atoms. The van der Waals surface area contributed by atoms with E-state index in [4.69, 9.17) is 14.6 Å². The Morgan fingerprint density at radius 1 is 1.06 bits per heavy atom. The van der Waals surface area contributed by atoms with Gasteiger partial charge in [0, 0.05) is 10.3 Å². The van der Waals surface area contributed by atoms with E-state index in [0.717, 1.165) is 23.5 Å². The first-order chi connectivity index (χ1) is 15.4. The number of hydrogen-bond acceptors (Lipinski definition) is 7. The molecule has 0 bridgehead atoms. The zero-order valence-corrected chi connectivity index (χ0v) is 20.1. The number of alkyl halides is 2. The largest absolute Gasteiger partial charge is 0.477 e. The molecule has 0 radical (unpaired) electrons. The molecule has 2 atom stereocenters. The van der Waals surface area contributed by atoms with Crippen molar-refractivity contribution in [3.05, 3.63) is 34.7 Å². The van der Waals surface area contributed by atoms with Gasteiger partial charge in [0.1, 0.15) is 17.0 Å². The van der Waals surface area contributed by atoms with Crippen molar-refractivity contribution in [2.45, 2.75) is 45.4 Å². The summed E-state index contributed by atoms with van der Waals surface area (Å²) in [5, 5.41) is 13.6. The number of ether oxygens (including phenoxy) is 2. The number of nitrogens with one attached hydrogen (secondary N) is 2. The van der Waals surface area contributed by atoms with Crippen molar-refractivity contribution in [1.82, 2.24) is 10.2 Å². The Bertz CT molecular complexity index is 1060. The van der Waals surface area contributed by atoms with Gasteiger partial charge in [0.25, 0.3) is 7.44 Å². The second-order valence-electron chi connectivity index (χ2n) is 7.02. The number of carbonyl (C=O) groups is 3. The Morgan fingerprint density at radius 2 is 1.58 bits per heavy atom. The number of benzene rings is 1. The molecule has 2 aromatic rings. The molecule has 9 nitrogen and oxygen atoms in total. The number of rotatable bonds is 11. The van der Waals surface area contributed by atoms with Crippen molar-refractivity contribution in [2.75, 3.05) is 13.2 Å². The Hall–Kier alpha value is -2.40. The predicted octanol–water partition coefficient (Wildman–Crippen LogP) is 3.92. The Morgan fingerprint density at radius 3 is 2.03 bits per heavy atom. The molecule has 3 N–H and O–H groups in total. The number of thiophene rings is 1. The highest BCUT2D eigenvalue weighted by molar-refractivity contribution is 7.60. The molecule has 1 aromatic heterocycles. The van der Waals surface area contributed by atoms with Gasteiger partial charge in [-0.25, -0.2) is 15.0 Å². The number of esters is 2. The van der Waals surface area contributed by atoms with Crippen LogP contribution in [0.5, 0.6) is 0 Å². The third-order valence-corrected chi connectivity index (χ3v) is 8.16. The van der Waals surface area contributed by atoms with Gasteiger partial charge in [-0.1, -0.05) is 6.07 Å². The SMILES string of the molecule is CCOC(=O)[C@H](C)NP(=O)(N[C@@H](C)C(=O)OCC)C(F)(F)c1ccc2sc(C(=O)O)cc2c1. The van der Waals surface area contributed by atoms with Crippen molar-refractivity contribution >= 4 is 46.8 Å². The highest BCUT2D eigenvalue weighted by Gasteiger charge is 2.54. The lowest BCUT2D eigenvalue weighted by Crippen LogP contribution is -2.46. The summed E-state index contributed by atoms with van der Waals surface area (Å²) in [5.41, 5.74) is -4.80. The van der Waals surface area contributed by atoms with Crippen molar-refractivity contribution < 1.29 is 42.3 Å². The highest BCUT2D eigenvalue weighted by atomic mass is 32.1. The minimum absolute atomic E-state index is 0.0149. The third-order valence-electron chi connectivity index (χ3n) is 4.50. The van der Waals surface area contributed by atoms with Gasteiger partial charge in [0.2, 0.25) is 0 Å². The lowest BCUT2D eigenvalue weighted by Gasteiger charge is -2.32. The minimum atomic E-state index is -5.05. The van der Waals surface area contributed by atoms with Crippen LogP contribution >= 0.6 is 18.8 Å². The first-order valence-electron chi connectivity index (χ1n) is 10.0. The summed E-state index contributed by atoms with van der Waals surface area (Å²) >= 11 is 0.905. The second-order valence-corrected chi connectivity index (χ2v) is 10.4. The van der Waals surface area contributed by atoms with Crippen molar-refractivity contribution in [3.8, 4) is 0 Å². The normalized spacial score (nSPS) is 14.0. The number of halogens is 2. The average Bonchev–Trinajstić information content (AvgIpc) is 3.17. The van der Waals surface area contributed by atoms with Gasteiger partial charge in [-0.15, -0.1) is 11.3 Å². The molecule has 0 unspecified atom stereocenters. The standard InChI is InChI=1S/C20H25F2N2O7PS/c1-5-30-18(27)11(3)23-32(29,24-12(4)19(28)31-6-2)20(21,22)14-7-8-15-13(9-14)10-16(33-15)17(25)26/h7-12H,5-6H2,1-4H3,(H,25,26)(H2,23,24,29)/t11-,12-/m0/s1. The number of carboxylic acids is 1. The van der Waals surface area contributed by atoms with Crippen LogP contribution in [-0.4, -0.2) is 48.3 Å². The molecule has 0 aliphatic rings. The number of fused-ring (bicyclic) bond motifs is 1. The Balaban J connectivity index is 2.51. The van der Waals surface area contributed by atoms with Gasteiger partial charge in [-0.2, -0.15) is 8.78 Å². The van der Waals surface area contributed by atoms with Crippen LogP contribution in [0.2, 0.25) is 0 Å². The molecule has 0 spiro atoms. The molecule has 182 valence electrons. The average molecular weight is 506 g/mol. The molecule has 0 aliphatic carbocycles. The summed E-state index contributed by atoms with van der Waals surface area (Å²) < 4.78 is 55.1. The molecular weight excluding hydrogens is 481 g/mol. The first kappa shape index (κ1) is 26.8. The van der Waals surface area contributed by atoms with Gasteiger partial charge < -0.3 is 14.6 Å². The van der Waals surface area contributed by atoms with Crippen molar-refractivity contribution in [3.63, 3.8) is 0 Å². The van der Waals surface area contributed by atoms with E-state index in [1.807, 2.05) is 0 Å². The molecule has 0 saturated carbocycles. The maximum absolute atomic E-state index is 15.7. The van der Waals surface area contributed by atoms with Gasteiger partial charge in [-0.3, -0.25) is 14.2 Å².